The molecule has 2 aromatic carbocycles. The molecule has 1 unspecified atom stereocenters. The number of benzene rings is 2. The Morgan fingerprint density at radius 2 is 1.95 bits per heavy atom. The van der Waals surface area contributed by atoms with E-state index in [4.69, 9.17) is 20.7 Å². The summed E-state index contributed by atoms with van der Waals surface area (Å²) >= 11 is 0. The molecule has 2 aromatic rings. The van der Waals surface area contributed by atoms with E-state index >= 15 is 0 Å². The Kier molecular flexibility index (Phi) is 4.66. The first-order chi connectivity index (χ1) is 9.72. The lowest BCUT2D eigenvalue weighted by atomic mass is 10.1. The van der Waals surface area contributed by atoms with Crippen LogP contribution in [0.4, 0.5) is 4.39 Å². The minimum atomic E-state index is -0.506. The largest absolute Gasteiger partial charge is 0.490 e. The van der Waals surface area contributed by atoms with Crippen LogP contribution in [0.2, 0.25) is 0 Å². The molecule has 0 heterocycles. The van der Waals surface area contributed by atoms with Gasteiger partial charge < -0.3 is 4.74 Å². The molecule has 0 aliphatic heterocycles. The molecule has 0 saturated carbocycles. The molecule has 2 N–H and O–H groups in total. The first-order valence-electron chi connectivity index (χ1n) is 5.97. The zero-order chi connectivity index (χ0) is 14.4. The lowest BCUT2D eigenvalue weighted by Gasteiger charge is -2.16. The highest BCUT2D eigenvalue weighted by atomic mass is 19.1. The molecule has 20 heavy (non-hydrogen) atoms. The lowest BCUT2D eigenvalue weighted by Crippen LogP contribution is -2.17. The Morgan fingerprint density at radius 3 is 2.60 bits per heavy atom. The zero-order valence-electron chi connectivity index (χ0n) is 10.6. The van der Waals surface area contributed by atoms with Crippen LogP contribution in [0.25, 0.3) is 0 Å². The third kappa shape index (κ3) is 3.54. The second kappa shape index (κ2) is 6.66. The number of ether oxygens (including phenoxy) is 1. The smallest absolute Gasteiger partial charge is 0.138 e. The fourth-order valence-electron chi connectivity index (χ4n) is 1.73. The summed E-state index contributed by atoms with van der Waals surface area (Å²) in [5.74, 6) is 5.45. The number of hydrogen-bond acceptors (Lipinski definition) is 4. The van der Waals surface area contributed by atoms with Crippen LogP contribution < -0.4 is 10.6 Å². The molecular weight excluding hydrogens is 259 g/mol. The van der Waals surface area contributed by atoms with Crippen molar-refractivity contribution in [1.82, 2.24) is 0 Å². The van der Waals surface area contributed by atoms with E-state index in [1.165, 1.54) is 24.3 Å². The molecule has 2 rings (SSSR count). The van der Waals surface area contributed by atoms with Gasteiger partial charge in [-0.25, -0.2) is 10.3 Å². The molecular formula is C15H13FN2O2. The quantitative estimate of drug-likeness (QED) is 0.850. The van der Waals surface area contributed by atoms with E-state index in [9.17, 15) is 4.39 Å². The summed E-state index contributed by atoms with van der Waals surface area (Å²) in [6, 6.07) is 14.6. The molecule has 1 atom stereocenters. The summed E-state index contributed by atoms with van der Waals surface area (Å²) in [5.41, 5.74) is 1.26. The van der Waals surface area contributed by atoms with Gasteiger partial charge in [0, 0.05) is 0 Å². The number of hydrogen-bond donors (Lipinski definition) is 1. The molecule has 0 aromatic heterocycles. The zero-order valence-corrected chi connectivity index (χ0v) is 10.6. The van der Waals surface area contributed by atoms with Crippen molar-refractivity contribution >= 4 is 0 Å². The molecule has 0 amide bonds. The molecule has 0 bridgehead atoms. The van der Waals surface area contributed by atoms with Crippen molar-refractivity contribution in [3.63, 3.8) is 0 Å². The van der Waals surface area contributed by atoms with Crippen molar-refractivity contribution in [2.75, 3.05) is 6.61 Å². The van der Waals surface area contributed by atoms with E-state index in [0.29, 0.717) is 11.3 Å². The predicted octanol–water partition coefficient (Wildman–Crippen LogP) is 2.71. The fourth-order valence-corrected chi connectivity index (χ4v) is 1.73. The van der Waals surface area contributed by atoms with Crippen molar-refractivity contribution in [3.8, 4) is 11.8 Å². The standard InChI is InChI=1S/C15H13FN2O2/c16-13-4-6-14(7-5-13)19-10-15(20-18)12-3-1-2-11(8-12)9-17/h1-8,15H,10,18H2. The van der Waals surface area contributed by atoms with Crippen molar-refractivity contribution < 1.29 is 14.0 Å². The summed E-state index contributed by atoms with van der Waals surface area (Å²) < 4.78 is 18.3. The van der Waals surface area contributed by atoms with Gasteiger partial charge in [-0.3, -0.25) is 4.84 Å². The third-order valence-electron chi connectivity index (χ3n) is 2.77. The molecule has 0 radical (unpaired) electrons. The van der Waals surface area contributed by atoms with Crippen LogP contribution in [0.5, 0.6) is 5.75 Å². The van der Waals surface area contributed by atoms with Gasteiger partial charge in [0.2, 0.25) is 0 Å². The molecule has 4 nitrogen and oxygen atoms in total. The predicted molar refractivity (Wildman–Crippen MR) is 71.1 cm³/mol. The van der Waals surface area contributed by atoms with Gasteiger partial charge >= 0.3 is 0 Å². The summed E-state index contributed by atoms with van der Waals surface area (Å²) in [6.07, 6.45) is -0.506. The average molecular weight is 272 g/mol. The summed E-state index contributed by atoms with van der Waals surface area (Å²) in [6.45, 7) is 0.164. The van der Waals surface area contributed by atoms with Gasteiger partial charge in [0.25, 0.3) is 0 Å². The number of nitrogens with two attached hydrogens (primary N) is 1. The number of rotatable bonds is 5. The Morgan fingerprint density at radius 1 is 1.20 bits per heavy atom. The van der Waals surface area contributed by atoms with E-state index in [1.54, 1.807) is 24.3 Å². The maximum absolute atomic E-state index is 12.8. The van der Waals surface area contributed by atoms with Gasteiger partial charge in [0.05, 0.1) is 11.6 Å². The van der Waals surface area contributed by atoms with Crippen LogP contribution in [0.1, 0.15) is 17.2 Å². The molecule has 102 valence electrons. The maximum atomic E-state index is 12.8. The van der Waals surface area contributed by atoms with Gasteiger partial charge in [0.15, 0.2) is 0 Å². The van der Waals surface area contributed by atoms with Gasteiger partial charge in [-0.1, -0.05) is 12.1 Å². The van der Waals surface area contributed by atoms with Crippen molar-refractivity contribution in [1.29, 1.82) is 5.26 Å². The molecule has 0 fully saturated rings. The second-order valence-electron chi connectivity index (χ2n) is 4.13. The van der Waals surface area contributed by atoms with Gasteiger partial charge in [-0.05, 0) is 42.0 Å². The van der Waals surface area contributed by atoms with E-state index < -0.39 is 6.10 Å². The summed E-state index contributed by atoms with van der Waals surface area (Å²) in [7, 11) is 0. The van der Waals surface area contributed by atoms with E-state index in [-0.39, 0.29) is 12.4 Å². The molecule has 0 aliphatic carbocycles. The molecule has 0 spiro atoms. The Labute approximate surface area is 116 Å². The van der Waals surface area contributed by atoms with Crippen LogP contribution in [0, 0.1) is 17.1 Å². The molecule has 5 heteroatoms. The highest BCUT2D eigenvalue weighted by molar-refractivity contribution is 5.34. The minimum absolute atomic E-state index is 0.164. The average Bonchev–Trinajstić information content (AvgIpc) is 2.50. The van der Waals surface area contributed by atoms with Gasteiger partial charge in [0.1, 0.15) is 24.3 Å². The highest BCUT2D eigenvalue weighted by Gasteiger charge is 2.13. The summed E-state index contributed by atoms with van der Waals surface area (Å²) in [4.78, 5) is 4.87. The van der Waals surface area contributed by atoms with Crippen molar-refractivity contribution in [2.45, 2.75) is 6.10 Å². The normalized spacial score (nSPS) is 11.7. The number of halogens is 1. The van der Waals surface area contributed by atoms with E-state index in [2.05, 4.69) is 0 Å². The number of nitriles is 1. The van der Waals surface area contributed by atoms with Crippen LogP contribution >= 0.6 is 0 Å². The van der Waals surface area contributed by atoms with Crippen LogP contribution in [-0.2, 0) is 4.84 Å². The first-order valence-corrected chi connectivity index (χ1v) is 5.97. The monoisotopic (exact) mass is 272 g/mol. The Balaban J connectivity index is 2.05. The summed E-state index contributed by atoms with van der Waals surface area (Å²) in [5, 5.41) is 8.86. The highest BCUT2D eigenvalue weighted by Crippen LogP contribution is 2.19. The first kappa shape index (κ1) is 14.0. The van der Waals surface area contributed by atoms with Crippen molar-refractivity contribution in [2.24, 2.45) is 5.90 Å². The van der Waals surface area contributed by atoms with Crippen LogP contribution in [0.15, 0.2) is 48.5 Å². The van der Waals surface area contributed by atoms with E-state index in [0.717, 1.165) is 5.56 Å². The fraction of sp³-hybridized carbons (Fsp3) is 0.133. The topological polar surface area (TPSA) is 68.3 Å². The second-order valence-corrected chi connectivity index (χ2v) is 4.13. The minimum Gasteiger partial charge on any atom is -0.490 e. The van der Waals surface area contributed by atoms with Gasteiger partial charge in [-0.2, -0.15) is 5.26 Å². The third-order valence-corrected chi connectivity index (χ3v) is 2.77. The van der Waals surface area contributed by atoms with Crippen LogP contribution in [-0.4, -0.2) is 6.61 Å². The van der Waals surface area contributed by atoms with E-state index in [1.807, 2.05) is 6.07 Å². The SMILES string of the molecule is N#Cc1cccc(C(COc2ccc(F)cc2)ON)c1. The molecule has 0 aliphatic rings. The van der Waals surface area contributed by atoms with Crippen molar-refractivity contribution in [3.05, 3.63) is 65.5 Å². The van der Waals surface area contributed by atoms with Crippen LogP contribution in [0.3, 0.4) is 0 Å². The Bertz CT molecular complexity index is 608. The lowest BCUT2D eigenvalue weighted by molar-refractivity contribution is 0.0182. The Hall–Kier alpha value is -2.42. The van der Waals surface area contributed by atoms with Gasteiger partial charge in [-0.15, -0.1) is 0 Å². The maximum Gasteiger partial charge on any atom is 0.138 e. The molecule has 0 saturated heterocycles. The number of nitrogens with zero attached hydrogens (tertiary/aromatic N) is 1.